The third-order valence-electron chi connectivity index (χ3n) is 4.85. The van der Waals surface area contributed by atoms with Crippen LogP contribution in [0.2, 0.25) is 5.15 Å². The summed E-state index contributed by atoms with van der Waals surface area (Å²) in [6.07, 6.45) is -2.06. The Bertz CT molecular complexity index is 1200. The van der Waals surface area contributed by atoms with Crippen molar-refractivity contribution < 1.29 is 13.2 Å². The number of fused-ring (bicyclic) bond motifs is 1. The third-order valence-corrected chi connectivity index (χ3v) is 5.07. The van der Waals surface area contributed by atoms with Gasteiger partial charge in [-0.1, -0.05) is 48.0 Å². The van der Waals surface area contributed by atoms with E-state index in [1.54, 1.807) is 18.3 Å². The topological polar surface area (TPSA) is 37.8 Å². The Morgan fingerprint density at radius 2 is 1.73 bits per heavy atom. The van der Waals surface area contributed by atoms with Crippen LogP contribution in [0.1, 0.15) is 22.4 Å². The smallest absolute Gasteiger partial charge is 0.340 e. The van der Waals surface area contributed by atoms with Gasteiger partial charge in [0, 0.05) is 29.4 Å². The minimum absolute atomic E-state index is 0.330. The highest BCUT2D eigenvalue weighted by Crippen LogP contribution is 2.33. The second-order valence-corrected chi connectivity index (χ2v) is 7.33. The van der Waals surface area contributed by atoms with Gasteiger partial charge in [0.25, 0.3) is 0 Å². The first kappa shape index (κ1) is 20.2. The Kier molecular flexibility index (Phi) is 5.35. The SMILES string of the molecule is Cc1nc(Nc2cccc(C(F)(F)F)c2)c2ccccc2c1Cc1ccc(Cl)nc1. The summed E-state index contributed by atoms with van der Waals surface area (Å²) in [5, 5.41) is 5.30. The first-order chi connectivity index (χ1) is 14.3. The Morgan fingerprint density at radius 1 is 0.967 bits per heavy atom. The number of pyridine rings is 2. The number of aryl methyl sites for hydroxylation is 1. The van der Waals surface area contributed by atoms with Crippen molar-refractivity contribution in [1.29, 1.82) is 0 Å². The molecular weight excluding hydrogens is 411 g/mol. The fourth-order valence-corrected chi connectivity index (χ4v) is 3.50. The van der Waals surface area contributed by atoms with E-state index in [1.807, 2.05) is 37.3 Å². The summed E-state index contributed by atoms with van der Waals surface area (Å²) >= 11 is 5.88. The maximum Gasteiger partial charge on any atom is 0.416 e. The zero-order chi connectivity index (χ0) is 21.3. The Morgan fingerprint density at radius 3 is 2.43 bits per heavy atom. The van der Waals surface area contributed by atoms with Gasteiger partial charge in [0.05, 0.1) is 5.56 Å². The van der Waals surface area contributed by atoms with Gasteiger partial charge in [-0.2, -0.15) is 13.2 Å². The van der Waals surface area contributed by atoms with Crippen molar-refractivity contribution in [2.24, 2.45) is 0 Å². The van der Waals surface area contributed by atoms with Crippen LogP contribution in [0, 0.1) is 6.92 Å². The van der Waals surface area contributed by atoms with Crippen molar-refractivity contribution in [3.63, 3.8) is 0 Å². The minimum Gasteiger partial charge on any atom is -0.340 e. The van der Waals surface area contributed by atoms with E-state index < -0.39 is 11.7 Å². The molecule has 0 saturated heterocycles. The lowest BCUT2D eigenvalue weighted by atomic mass is 9.98. The van der Waals surface area contributed by atoms with Crippen LogP contribution < -0.4 is 5.32 Å². The van der Waals surface area contributed by atoms with Gasteiger partial charge in [0.15, 0.2) is 0 Å². The van der Waals surface area contributed by atoms with E-state index >= 15 is 0 Å². The second-order valence-electron chi connectivity index (χ2n) is 6.94. The van der Waals surface area contributed by atoms with Gasteiger partial charge in [-0.25, -0.2) is 9.97 Å². The molecule has 0 saturated carbocycles. The molecule has 0 radical (unpaired) electrons. The van der Waals surface area contributed by atoms with Gasteiger partial charge in [-0.05, 0) is 47.7 Å². The molecule has 0 spiro atoms. The number of hydrogen-bond acceptors (Lipinski definition) is 3. The predicted octanol–water partition coefficient (Wildman–Crippen LogP) is 6.94. The zero-order valence-corrected chi connectivity index (χ0v) is 16.7. The molecule has 0 unspecified atom stereocenters. The highest BCUT2D eigenvalue weighted by molar-refractivity contribution is 6.29. The molecular formula is C23H17ClF3N3. The van der Waals surface area contributed by atoms with Crippen LogP contribution in [0.3, 0.4) is 0 Å². The second kappa shape index (κ2) is 7.95. The number of rotatable bonds is 4. The van der Waals surface area contributed by atoms with Gasteiger partial charge in [-0.3, -0.25) is 0 Å². The summed E-state index contributed by atoms with van der Waals surface area (Å²) in [6.45, 7) is 1.89. The summed E-state index contributed by atoms with van der Waals surface area (Å²) < 4.78 is 39.2. The number of halogens is 4. The van der Waals surface area contributed by atoms with Crippen molar-refractivity contribution in [3.05, 3.63) is 94.4 Å². The maximum atomic E-state index is 13.1. The van der Waals surface area contributed by atoms with Gasteiger partial charge < -0.3 is 5.32 Å². The van der Waals surface area contributed by atoms with Crippen LogP contribution in [0.25, 0.3) is 10.8 Å². The lowest BCUT2D eigenvalue weighted by Crippen LogP contribution is -2.06. The number of aromatic nitrogens is 2. The van der Waals surface area contributed by atoms with Crippen LogP contribution >= 0.6 is 11.6 Å². The van der Waals surface area contributed by atoms with Crippen LogP contribution in [-0.4, -0.2) is 9.97 Å². The number of alkyl halides is 3. The van der Waals surface area contributed by atoms with Crippen molar-refractivity contribution in [2.45, 2.75) is 19.5 Å². The van der Waals surface area contributed by atoms with E-state index in [0.717, 1.165) is 39.7 Å². The Balaban J connectivity index is 1.75. The predicted molar refractivity (Wildman–Crippen MR) is 113 cm³/mol. The van der Waals surface area contributed by atoms with E-state index in [4.69, 9.17) is 11.6 Å². The molecule has 2 aromatic heterocycles. The highest BCUT2D eigenvalue weighted by Gasteiger charge is 2.30. The molecule has 2 aromatic carbocycles. The molecule has 0 aliphatic rings. The first-order valence-electron chi connectivity index (χ1n) is 9.24. The van der Waals surface area contributed by atoms with Crippen LogP contribution in [0.5, 0.6) is 0 Å². The lowest BCUT2D eigenvalue weighted by molar-refractivity contribution is -0.137. The number of hydrogen-bond donors (Lipinski definition) is 1. The largest absolute Gasteiger partial charge is 0.416 e. The Labute approximate surface area is 176 Å². The van der Waals surface area contributed by atoms with Gasteiger partial charge >= 0.3 is 6.18 Å². The molecule has 1 N–H and O–H groups in total. The molecule has 7 heteroatoms. The zero-order valence-electron chi connectivity index (χ0n) is 16.0. The normalized spacial score (nSPS) is 11.6. The molecule has 4 aromatic rings. The van der Waals surface area contributed by atoms with Gasteiger partial charge in [0.1, 0.15) is 11.0 Å². The summed E-state index contributed by atoms with van der Waals surface area (Å²) in [7, 11) is 0. The average Bonchev–Trinajstić information content (AvgIpc) is 2.72. The molecule has 2 heterocycles. The first-order valence-corrected chi connectivity index (χ1v) is 9.62. The van der Waals surface area contributed by atoms with Crippen LogP contribution in [0.4, 0.5) is 24.7 Å². The third kappa shape index (κ3) is 4.24. The molecule has 0 aliphatic carbocycles. The van der Waals surface area contributed by atoms with E-state index in [0.29, 0.717) is 23.1 Å². The monoisotopic (exact) mass is 427 g/mol. The molecule has 4 rings (SSSR count). The van der Waals surface area contributed by atoms with E-state index in [9.17, 15) is 13.2 Å². The molecule has 152 valence electrons. The summed E-state index contributed by atoms with van der Waals surface area (Å²) in [4.78, 5) is 8.79. The number of nitrogens with zero attached hydrogens (tertiary/aromatic N) is 2. The number of anilines is 2. The van der Waals surface area contributed by atoms with Crippen molar-refractivity contribution in [1.82, 2.24) is 9.97 Å². The molecule has 0 amide bonds. The standard InChI is InChI=1S/C23H17ClF3N3/c1-14-20(11-15-9-10-21(24)28-13-15)18-7-2-3-8-19(18)22(29-14)30-17-6-4-5-16(12-17)23(25,26)27/h2-10,12-13H,11H2,1H3,(H,29,30). The molecule has 0 aliphatic heterocycles. The summed E-state index contributed by atoms with van der Waals surface area (Å²) in [6, 6.07) is 16.5. The average molecular weight is 428 g/mol. The van der Waals surface area contributed by atoms with E-state index in [1.165, 1.54) is 6.07 Å². The number of benzene rings is 2. The molecule has 3 nitrogen and oxygen atoms in total. The van der Waals surface area contributed by atoms with Gasteiger partial charge in [-0.15, -0.1) is 0 Å². The van der Waals surface area contributed by atoms with Gasteiger partial charge in [0.2, 0.25) is 0 Å². The summed E-state index contributed by atoms with van der Waals surface area (Å²) in [5.74, 6) is 0.514. The van der Waals surface area contributed by atoms with E-state index in [2.05, 4.69) is 15.3 Å². The highest BCUT2D eigenvalue weighted by atomic mass is 35.5. The minimum atomic E-state index is -4.40. The fraction of sp³-hybridized carbons (Fsp3) is 0.130. The van der Waals surface area contributed by atoms with Crippen molar-refractivity contribution >= 4 is 33.9 Å². The fourth-order valence-electron chi connectivity index (χ4n) is 3.39. The Hall–Kier alpha value is -3.12. The molecule has 0 fully saturated rings. The summed E-state index contributed by atoms with van der Waals surface area (Å²) in [5.41, 5.74) is 2.44. The van der Waals surface area contributed by atoms with Crippen LogP contribution in [0.15, 0.2) is 66.9 Å². The maximum absolute atomic E-state index is 13.1. The molecule has 0 atom stereocenters. The quantitative estimate of drug-likeness (QED) is 0.358. The van der Waals surface area contributed by atoms with E-state index in [-0.39, 0.29) is 0 Å². The number of nitrogens with one attached hydrogen (secondary N) is 1. The van der Waals surface area contributed by atoms with Crippen molar-refractivity contribution in [3.8, 4) is 0 Å². The van der Waals surface area contributed by atoms with Crippen LogP contribution in [-0.2, 0) is 12.6 Å². The lowest BCUT2D eigenvalue weighted by Gasteiger charge is -2.16. The van der Waals surface area contributed by atoms with Crippen molar-refractivity contribution in [2.75, 3.05) is 5.32 Å². The molecule has 30 heavy (non-hydrogen) atoms. The molecule has 0 bridgehead atoms.